The summed E-state index contributed by atoms with van der Waals surface area (Å²) in [6, 6.07) is 7.59. The molecular weight excluding hydrogens is 246 g/mol. The maximum atomic E-state index is 11.2. The van der Waals surface area contributed by atoms with E-state index in [4.69, 9.17) is 0 Å². The van der Waals surface area contributed by atoms with Gasteiger partial charge in [-0.3, -0.25) is 4.79 Å². The predicted molar refractivity (Wildman–Crippen MR) is 59.7 cm³/mol. The smallest absolute Gasteiger partial charge is 0.323 e. The molecule has 1 aromatic carbocycles. The van der Waals surface area contributed by atoms with Crippen LogP contribution in [0.1, 0.15) is 10.4 Å². The van der Waals surface area contributed by atoms with Crippen molar-refractivity contribution in [3.05, 3.63) is 29.8 Å². The number of nitrogens with one attached hydrogen (secondary N) is 1. The molecule has 0 radical (unpaired) electrons. The molecule has 0 fully saturated rings. The molecule has 0 aliphatic rings. The minimum absolute atomic E-state index is 0.293. The first kappa shape index (κ1) is 11.0. The summed E-state index contributed by atoms with van der Waals surface area (Å²) in [5, 5.41) is 3.01. The summed E-state index contributed by atoms with van der Waals surface area (Å²) in [5.41, 5.74) is 1.85. The zero-order valence-corrected chi connectivity index (χ0v) is 9.67. The molecule has 0 saturated carbocycles. The number of alkyl halides is 1. The molecule has 1 unspecified atom stereocenters. The van der Waals surface area contributed by atoms with Crippen molar-refractivity contribution in [3.63, 3.8) is 0 Å². The number of esters is 1. The third kappa shape index (κ3) is 2.48. The van der Waals surface area contributed by atoms with Crippen molar-refractivity contribution in [1.82, 2.24) is 0 Å². The van der Waals surface area contributed by atoms with Gasteiger partial charge in [-0.2, -0.15) is 0 Å². The van der Waals surface area contributed by atoms with E-state index in [2.05, 4.69) is 26.0 Å². The topological polar surface area (TPSA) is 38.3 Å². The summed E-state index contributed by atoms with van der Waals surface area (Å²) in [7, 11) is 3.21. The number of benzene rings is 1. The highest BCUT2D eigenvalue weighted by Gasteiger charge is 2.17. The summed E-state index contributed by atoms with van der Waals surface area (Å²) in [6.45, 7) is 0. The number of methoxy groups -OCH3 is 1. The minimum atomic E-state index is -0.402. The lowest BCUT2D eigenvalue weighted by Crippen LogP contribution is -2.08. The molecule has 0 aliphatic heterocycles. The van der Waals surface area contributed by atoms with Gasteiger partial charge in [0.15, 0.2) is 0 Å². The molecule has 4 heteroatoms. The molecule has 0 spiro atoms. The van der Waals surface area contributed by atoms with E-state index in [1.165, 1.54) is 7.11 Å². The molecule has 0 amide bonds. The Morgan fingerprint density at radius 3 is 2.86 bits per heavy atom. The van der Waals surface area contributed by atoms with Gasteiger partial charge >= 0.3 is 5.97 Å². The number of ether oxygens (including phenoxy) is 1. The van der Waals surface area contributed by atoms with Gasteiger partial charge in [0.25, 0.3) is 0 Å². The van der Waals surface area contributed by atoms with Crippen LogP contribution in [0.3, 0.4) is 0 Å². The van der Waals surface area contributed by atoms with Crippen molar-refractivity contribution in [2.45, 2.75) is 4.83 Å². The van der Waals surface area contributed by atoms with Crippen LogP contribution in [0.15, 0.2) is 24.3 Å². The van der Waals surface area contributed by atoms with Gasteiger partial charge < -0.3 is 10.1 Å². The number of rotatable bonds is 3. The minimum Gasteiger partial charge on any atom is -0.468 e. The monoisotopic (exact) mass is 257 g/mol. The molecule has 1 aromatic rings. The molecule has 0 heterocycles. The third-order valence-electron chi connectivity index (χ3n) is 1.88. The molecule has 14 heavy (non-hydrogen) atoms. The van der Waals surface area contributed by atoms with Crippen LogP contribution >= 0.6 is 15.9 Å². The Bertz CT molecular complexity index is 328. The third-order valence-corrected chi connectivity index (χ3v) is 2.78. The quantitative estimate of drug-likeness (QED) is 0.668. The van der Waals surface area contributed by atoms with Crippen molar-refractivity contribution < 1.29 is 9.53 Å². The zero-order valence-electron chi connectivity index (χ0n) is 8.08. The predicted octanol–water partition coefficient (Wildman–Crippen LogP) is 2.34. The van der Waals surface area contributed by atoms with Crippen molar-refractivity contribution in [2.75, 3.05) is 19.5 Å². The van der Waals surface area contributed by atoms with Crippen LogP contribution in [0.5, 0.6) is 0 Å². The molecule has 0 saturated heterocycles. The first-order valence-corrected chi connectivity index (χ1v) is 5.10. The van der Waals surface area contributed by atoms with Crippen molar-refractivity contribution in [2.24, 2.45) is 0 Å². The second kappa shape index (κ2) is 5.00. The maximum absolute atomic E-state index is 11.2. The van der Waals surface area contributed by atoms with E-state index >= 15 is 0 Å². The summed E-state index contributed by atoms with van der Waals surface area (Å²) < 4.78 is 4.63. The van der Waals surface area contributed by atoms with E-state index in [1.807, 2.05) is 31.3 Å². The van der Waals surface area contributed by atoms with E-state index in [-0.39, 0.29) is 5.97 Å². The van der Waals surface area contributed by atoms with Crippen molar-refractivity contribution in [3.8, 4) is 0 Å². The number of anilines is 1. The Morgan fingerprint density at radius 1 is 1.57 bits per heavy atom. The highest BCUT2D eigenvalue weighted by molar-refractivity contribution is 9.09. The van der Waals surface area contributed by atoms with Gasteiger partial charge in [0.05, 0.1) is 7.11 Å². The Morgan fingerprint density at radius 2 is 2.29 bits per heavy atom. The molecule has 1 N–H and O–H groups in total. The summed E-state index contributed by atoms with van der Waals surface area (Å²) >= 11 is 3.27. The van der Waals surface area contributed by atoms with Gasteiger partial charge in [0, 0.05) is 12.7 Å². The molecule has 1 rings (SSSR count). The number of halogens is 1. The Labute approximate surface area is 91.6 Å². The number of carbonyl (C=O) groups is 1. The van der Waals surface area contributed by atoms with Crippen LogP contribution in [0.25, 0.3) is 0 Å². The van der Waals surface area contributed by atoms with E-state index in [0.29, 0.717) is 0 Å². The van der Waals surface area contributed by atoms with Gasteiger partial charge in [-0.1, -0.05) is 28.1 Å². The zero-order chi connectivity index (χ0) is 10.6. The number of hydrogen-bond donors (Lipinski definition) is 1. The second-order valence-electron chi connectivity index (χ2n) is 2.76. The first-order valence-electron chi connectivity index (χ1n) is 4.18. The first-order chi connectivity index (χ1) is 6.69. The highest BCUT2D eigenvalue weighted by atomic mass is 79.9. The van der Waals surface area contributed by atoms with Crippen LogP contribution in [0.2, 0.25) is 0 Å². The largest absolute Gasteiger partial charge is 0.468 e. The lowest BCUT2D eigenvalue weighted by molar-refractivity contribution is -0.139. The van der Waals surface area contributed by atoms with Gasteiger partial charge in [-0.05, 0) is 17.7 Å². The van der Waals surface area contributed by atoms with Gasteiger partial charge in [0.1, 0.15) is 4.83 Å². The van der Waals surface area contributed by atoms with E-state index in [9.17, 15) is 4.79 Å². The second-order valence-corrected chi connectivity index (χ2v) is 3.68. The average Bonchev–Trinajstić information content (AvgIpc) is 2.27. The van der Waals surface area contributed by atoms with Gasteiger partial charge in [0.2, 0.25) is 0 Å². The standard InChI is InChI=1S/C10H12BrNO2/c1-12-8-5-3-4-7(6-8)9(11)10(13)14-2/h3-6,9,12H,1-2H3. The van der Waals surface area contributed by atoms with Crippen molar-refractivity contribution in [1.29, 1.82) is 0 Å². The lowest BCUT2D eigenvalue weighted by atomic mass is 10.1. The van der Waals surface area contributed by atoms with Crippen molar-refractivity contribution >= 4 is 27.6 Å². The van der Waals surface area contributed by atoms with Crippen LogP contribution < -0.4 is 5.32 Å². The number of hydrogen-bond acceptors (Lipinski definition) is 3. The van der Waals surface area contributed by atoms with Gasteiger partial charge in [-0.25, -0.2) is 0 Å². The molecule has 3 nitrogen and oxygen atoms in total. The summed E-state index contributed by atoms with van der Waals surface area (Å²) in [5.74, 6) is -0.293. The SMILES string of the molecule is CNc1cccc(C(Br)C(=O)OC)c1. The lowest BCUT2D eigenvalue weighted by Gasteiger charge is -2.09. The fraction of sp³-hybridized carbons (Fsp3) is 0.300. The van der Waals surface area contributed by atoms with Crippen LogP contribution in [0.4, 0.5) is 5.69 Å². The average molecular weight is 258 g/mol. The Hall–Kier alpha value is -1.03. The van der Waals surface area contributed by atoms with E-state index in [1.54, 1.807) is 0 Å². The van der Waals surface area contributed by atoms with E-state index < -0.39 is 4.83 Å². The fourth-order valence-corrected chi connectivity index (χ4v) is 1.56. The molecule has 0 bridgehead atoms. The number of carbonyl (C=O) groups excluding carboxylic acids is 1. The summed E-state index contributed by atoms with van der Waals surface area (Å²) in [4.78, 5) is 10.8. The molecule has 76 valence electrons. The maximum Gasteiger partial charge on any atom is 0.323 e. The van der Waals surface area contributed by atoms with Gasteiger partial charge in [-0.15, -0.1) is 0 Å². The Kier molecular flexibility index (Phi) is 3.95. The van der Waals surface area contributed by atoms with E-state index in [0.717, 1.165) is 11.3 Å². The molecular formula is C10H12BrNO2. The molecule has 1 atom stereocenters. The highest BCUT2D eigenvalue weighted by Crippen LogP contribution is 2.25. The fourth-order valence-electron chi connectivity index (χ4n) is 1.09. The van der Waals surface area contributed by atoms with Crippen LogP contribution in [-0.2, 0) is 9.53 Å². The molecule has 0 aliphatic carbocycles. The Balaban J connectivity index is 2.89. The normalized spacial score (nSPS) is 11.9. The summed E-state index contributed by atoms with van der Waals surface area (Å²) in [6.07, 6.45) is 0. The van der Waals surface area contributed by atoms with Crippen LogP contribution in [0, 0.1) is 0 Å². The van der Waals surface area contributed by atoms with Crippen LogP contribution in [-0.4, -0.2) is 20.1 Å². The molecule has 0 aromatic heterocycles.